The summed E-state index contributed by atoms with van der Waals surface area (Å²) in [6, 6.07) is 12.3. The van der Waals surface area contributed by atoms with E-state index in [1.165, 1.54) is 6.07 Å². The first-order chi connectivity index (χ1) is 13.0. The molecule has 0 aliphatic heterocycles. The number of carbonyl (C=O) groups excluding carboxylic acids is 1. The second kappa shape index (κ2) is 8.49. The second-order valence-corrected chi connectivity index (χ2v) is 6.21. The van der Waals surface area contributed by atoms with Gasteiger partial charge >= 0.3 is 0 Å². The summed E-state index contributed by atoms with van der Waals surface area (Å²) in [5.41, 5.74) is 2.32. The largest absolute Gasteiger partial charge is 0.497 e. The van der Waals surface area contributed by atoms with Crippen molar-refractivity contribution < 1.29 is 18.3 Å². The van der Waals surface area contributed by atoms with Gasteiger partial charge in [0.2, 0.25) is 5.91 Å². The van der Waals surface area contributed by atoms with Crippen LogP contribution in [0.25, 0.3) is 11.3 Å². The monoisotopic (exact) mass is 368 g/mol. The number of oxazole rings is 1. The van der Waals surface area contributed by atoms with E-state index in [2.05, 4.69) is 10.3 Å². The van der Waals surface area contributed by atoms with Gasteiger partial charge < -0.3 is 14.5 Å². The molecule has 0 spiro atoms. The number of nitrogens with one attached hydrogen (secondary N) is 1. The third-order valence-corrected chi connectivity index (χ3v) is 4.21. The van der Waals surface area contributed by atoms with Gasteiger partial charge in [-0.1, -0.05) is 12.1 Å². The minimum atomic E-state index is -0.248. The van der Waals surface area contributed by atoms with E-state index in [0.29, 0.717) is 30.2 Å². The number of halogens is 1. The molecule has 1 N–H and O–H groups in total. The van der Waals surface area contributed by atoms with E-state index in [1.807, 2.05) is 24.3 Å². The highest BCUT2D eigenvalue weighted by Gasteiger charge is 2.09. The Morgan fingerprint density at radius 3 is 2.70 bits per heavy atom. The molecule has 27 heavy (non-hydrogen) atoms. The summed E-state index contributed by atoms with van der Waals surface area (Å²) in [6.45, 7) is 2.06. The van der Waals surface area contributed by atoms with Crippen molar-refractivity contribution >= 4 is 5.91 Å². The van der Waals surface area contributed by atoms with Crippen molar-refractivity contribution in [2.75, 3.05) is 7.11 Å². The molecule has 1 heterocycles. The van der Waals surface area contributed by atoms with Gasteiger partial charge in [-0.3, -0.25) is 4.79 Å². The maximum Gasteiger partial charge on any atom is 0.220 e. The van der Waals surface area contributed by atoms with Crippen molar-refractivity contribution in [2.45, 2.75) is 26.3 Å². The van der Waals surface area contributed by atoms with Crippen LogP contribution in [0.5, 0.6) is 5.75 Å². The van der Waals surface area contributed by atoms with Crippen molar-refractivity contribution in [1.82, 2.24) is 10.3 Å². The lowest BCUT2D eigenvalue weighted by Crippen LogP contribution is -2.23. The van der Waals surface area contributed by atoms with Crippen molar-refractivity contribution in [3.63, 3.8) is 0 Å². The number of benzene rings is 2. The van der Waals surface area contributed by atoms with Gasteiger partial charge in [0.05, 0.1) is 13.3 Å². The second-order valence-electron chi connectivity index (χ2n) is 6.21. The minimum absolute atomic E-state index is 0.110. The SMILES string of the molecule is COc1ccc(-c2cnc(CCC(=O)NCc3ccc(F)c(C)c3)o2)cc1. The predicted molar refractivity (Wildman–Crippen MR) is 99.8 cm³/mol. The highest BCUT2D eigenvalue weighted by Crippen LogP contribution is 2.23. The van der Waals surface area contributed by atoms with Crippen LogP contribution < -0.4 is 10.1 Å². The summed E-state index contributed by atoms with van der Waals surface area (Å²) < 4.78 is 24.1. The Morgan fingerprint density at radius 2 is 2.00 bits per heavy atom. The van der Waals surface area contributed by atoms with Gasteiger partial charge in [0.25, 0.3) is 0 Å². The molecule has 0 saturated carbocycles. The molecule has 0 aliphatic rings. The Balaban J connectivity index is 1.50. The molecule has 0 unspecified atom stereocenters. The number of hydrogen-bond donors (Lipinski definition) is 1. The van der Waals surface area contributed by atoms with Crippen molar-refractivity contribution in [3.05, 3.63) is 71.5 Å². The first-order valence-corrected chi connectivity index (χ1v) is 8.66. The summed E-state index contributed by atoms with van der Waals surface area (Å²) in [6.07, 6.45) is 2.32. The van der Waals surface area contributed by atoms with Gasteiger partial charge in [-0.2, -0.15) is 0 Å². The van der Waals surface area contributed by atoms with Gasteiger partial charge in [-0.05, 0) is 48.4 Å². The quantitative estimate of drug-likeness (QED) is 0.683. The van der Waals surface area contributed by atoms with Crippen LogP contribution in [0, 0.1) is 12.7 Å². The molecular formula is C21H21FN2O3. The first kappa shape index (κ1) is 18.6. The Kier molecular flexibility index (Phi) is 5.86. The van der Waals surface area contributed by atoms with Gasteiger partial charge in [-0.25, -0.2) is 9.37 Å². The van der Waals surface area contributed by atoms with Crippen LogP contribution in [0.2, 0.25) is 0 Å². The lowest BCUT2D eigenvalue weighted by molar-refractivity contribution is -0.121. The maximum absolute atomic E-state index is 13.3. The first-order valence-electron chi connectivity index (χ1n) is 8.66. The van der Waals surface area contributed by atoms with E-state index in [9.17, 15) is 9.18 Å². The molecule has 0 saturated heterocycles. The number of aromatic nitrogens is 1. The van der Waals surface area contributed by atoms with E-state index < -0.39 is 0 Å². The number of carbonyl (C=O) groups is 1. The van der Waals surface area contributed by atoms with E-state index in [0.717, 1.165) is 16.9 Å². The van der Waals surface area contributed by atoms with Crippen LogP contribution in [0.1, 0.15) is 23.4 Å². The highest BCUT2D eigenvalue weighted by atomic mass is 19.1. The average molecular weight is 368 g/mol. The molecular weight excluding hydrogens is 347 g/mol. The molecule has 2 aromatic carbocycles. The lowest BCUT2D eigenvalue weighted by Gasteiger charge is -2.06. The van der Waals surface area contributed by atoms with Crippen molar-refractivity contribution in [1.29, 1.82) is 0 Å². The summed E-state index contributed by atoms with van der Waals surface area (Å²) in [4.78, 5) is 16.2. The summed E-state index contributed by atoms with van der Waals surface area (Å²) in [5, 5.41) is 2.82. The Hall–Kier alpha value is -3.15. The van der Waals surface area contributed by atoms with Crippen LogP contribution >= 0.6 is 0 Å². The zero-order valence-electron chi connectivity index (χ0n) is 15.3. The smallest absolute Gasteiger partial charge is 0.220 e. The molecule has 0 atom stereocenters. The summed E-state index contributed by atoms with van der Waals surface area (Å²) in [7, 11) is 1.61. The van der Waals surface area contributed by atoms with Crippen LogP contribution in [0.15, 0.2) is 53.1 Å². The van der Waals surface area contributed by atoms with Crippen molar-refractivity contribution in [2.24, 2.45) is 0 Å². The molecule has 0 bridgehead atoms. The highest BCUT2D eigenvalue weighted by molar-refractivity contribution is 5.76. The topological polar surface area (TPSA) is 64.4 Å². The van der Waals surface area contributed by atoms with Crippen LogP contribution in [-0.2, 0) is 17.8 Å². The molecule has 3 aromatic rings. The van der Waals surface area contributed by atoms with Crippen LogP contribution in [0.4, 0.5) is 4.39 Å². The minimum Gasteiger partial charge on any atom is -0.497 e. The molecule has 0 radical (unpaired) electrons. The molecule has 5 nitrogen and oxygen atoms in total. The maximum atomic E-state index is 13.3. The van der Waals surface area contributed by atoms with Gasteiger partial charge in [-0.15, -0.1) is 0 Å². The predicted octanol–water partition coefficient (Wildman–Crippen LogP) is 4.05. The standard InChI is InChI=1S/C21H21FN2O3/c1-14-11-15(3-8-18(14)22)12-23-20(25)9-10-21-24-13-19(27-21)16-4-6-17(26-2)7-5-16/h3-8,11,13H,9-10,12H2,1-2H3,(H,23,25). The number of rotatable bonds is 7. The fourth-order valence-corrected chi connectivity index (χ4v) is 2.64. The van der Waals surface area contributed by atoms with E-state index >= 15 is 0 Å². The Labute approximate surface area is 157 Å². The van der Waals surface area contributed by atoms with Crippen LogP contribution in [-0.4, -0.2) is 18.0 Å². The number of ether oxygens (including phenoxy) is 1. The molecule has 3 rings (SSSR count). The fraction of sp³-hybridized carbons (Fsp3) is 0.238. The molecule has 0 fully saturated rings. The average Bonchev–Trinajstić information content (AvgIpc) is 3.16. The number of aryl methyl sites for hydroxylation is 2. The van der Waals surface area contributed by atoms with Gasteiger partial charge in [0.15, 0.2) is 11.7 Å². The van der Waals surface area contributed by atoms with Gasteiger partial charge in [0, 0.05) is 24.9 Å². The number of nitrogens with zero attached hydrogens (tertiary/aromatic N) is 1. The number of amides is 1. The number of hydrogen-bond acceptors (Lipinski definition) is 4. The Bertz CT molecular complexity index is 919. The molecule has 1 aromatic heterocycles. The fourth-order valence-electron chi connectivity index (χ4n) is 2.64. The van der Waals surface area contributed by atoms with Crippen LogP contribution in [0.3, 0.4) is 0 Å². The lowest BCUT2D eigenvalue weighted by atomic mass is 10.1. The zero-order valence-corrected chi connectivity index (χ0v) is 15.3. The molecule has 0 aliphatic carbocycles. The molecule has 1 amide bonds. The Morgan fingerprint density at radius 1 is 1.22 bits per heavy atom. The molecule has 140 valence electrons. The third kappa shape index (κ3) is 4.94. The summed E-state index contributed by atoms with van der Waals surface area (Å²) in [5.74, 6) is 1.57. The van der Waals surface area contributed by atoms with E-state index in [1.54, 1.807) is 32.4 Å². The van der Waals surface area contributed by atoms with Gasteiger partial charge in [0.1, 0.15) is 11.6 Å². The number of methoxy groups -OCH3 is 1. The zero-order chi connectivity index (χ0) is 19.2. The molecule has 6 heteroatoms. The van der Waals surface area contributed by atoms with Crippen molar-refractivity contribution in [3.8, 4) is 17.1 Å². The normalized spacial score (nSPS) is 10.6. The summed E-state index contributed by atoms with van der Waals surface area (Å²) >= 11 is 0. The van der Waals surface area contributed by atoms with E-state index in [4.69, 9.17) is 9.15 Å². The third-order valence-electron chi connectivity index (χ3n) is 4.21. The van der Waals surface area contributed by atoms with E-state index in [-0.39, 0.29) is 18.1 Å².